The summed E-state index contributed by atoms with van der Waals surface area (Å²) in [6, 6.07) is 12.6. The summed E-state index contributed by atoms with van der Waals surface area (Å²) in [5.74, 6) is -0.506. The maximum Gasteiger partial charge on any atom is 0.276 e. The van der Waals surface area contributed by atoms with Gasteiger partial charge in [-0.1, -0.05) is 31.5 Å². The first-order valence-corrected chi connectivity index (χ1v) is 10.6. The lowest BCUT2D eigenvalue weighted by atomic mass is 10.1. The maximum atomic E-state index is 12.6. The van der Waals surface area contributed by atoms with Gasteiger partial charge in [-0.05, 0) is 36.8 Å². The number of nitrogens with zero attached hydrogens (tertiary/aromatic N) is 2. The van der Waals surface area contributed by atoms with Crippen LogP contribution in [0, 0.1) is 0 Å². The molecule has 1 amide bonds. The van der Waals surface area contributed by atoms with Crippen LogP contribution in [0.4, 0.5) is 5.69 Å². The number of sulfonamides is 1. The molecule has 8 nitrogen and oxygen atoms in total. The van der Waals surface area contributed by atoms with Crippen molar-refractivity contribution in [3.63, 3.8) is 0 Å². The van der Waals surface area contributed by atoms with E-state index in [0.29, 0.717) is 23.0 Å². The minimum Gasteiger partial charge on any atom is -0.321 e. The van der Waals surface area contributed by atoms with Gasteiger partial charge in [0.05, 0.1) is 10.3 Å². The molecule has 152 valence electrons. The third-order valence-electron chi connectivity index (χ3n) is 4.56. The van der Waals surface area contributed by atoms with Crippen LogP contribution in [0.2, 0.25) is 0 Å². The molecule has 0 aliphatic heterocycles. The van der Waals surface area contributed by atoms with Crippen LogP contribution in [0.3, 0.4) is 0 Å². The highest BCUT2D eigenvalue weighted by Gasteiger charge is 2.20. The Morgan fingerprint density at radius 3 is 2.41 bits per heavy atom. The molecule has 0 atom stereocenters. The van der Waals surface area contributed by atoms with Gasteiger partial charge in [-0.3, -0.25) is 9.59 Å². The number of fused-ring (bicyclic) bond motifs is 1. The number of anilines is 1. The van der Waals surface area contributed by atoms with Crippen LogP contribution >= 0.6 is 0 Å². The zero-order chi connectivity index (χ0) is 21.0. The summed E-state index contributed by atoms with van der Waals surface area (Å²) in [7, 11) is -2.02. The average Bonchev–Trinajstić information content (AvgIpc) is 2.72. The summed E-state index contributed by atoms with van der Waals surface area (Å²) < 4.78 is 26.5. The smallest absolute Gasteiger partial charge is 0.276 e. The quantitative estimate of drug-likeness (QED) is 0.617. The lowest BCUT2D eigenvalue weighted by Crippen LogP contribution is -2.27. The molecule has 0 aliphatic carbocycles. The Morgan fingerprint density at radius 1 is 1.10 bits per heavy atom. The highest BCUT2D eigenvalue weighted by atomic mass is 32.2. The van der Waals surface area contributed by atoms with E-state index >= 15 is 0 Å². The predicted octanol–water partition coefficient (Wildman–Crippen LogP) is 2.60. The molecule has 0 fully saturated rings. The van der Waals surface area contributed by atoms with E-state index in [2.05, 4.69) is 15.5 Å². The van der Waals surface area contributed by atoms with Crippen LogP contribution in [0.1, 0.15) is 30.3 Å². The minimum absolute atomic E-state index is 0.0798. The number of benzene rings is 2. The fourth-order valence-corrected chi connectivity index (χ4v) is 4.08. The van der Waals surface area contributed by atoms with Gasteiger partial charge in [0.25, 0.3) is 11.5 Å². The highest BCUT2D eigenvalue weighted by Crippen LogP contribution is 2.19. The lowest BCUT2D eigenvalue weighted by Gasteiger charge is -2.17. The Morgan fingerprint density at radius 2 is 1.76 bits per heavy atom. The van der Waals surface area contributed by atoms with Gasteiger partial charge in [-0.25, -0.2) is 17.8 Å². The monoisotopic (exact) mass is 414 g/mol. The SMILES string of the molecule is CCCCN(C)S(=O)(=O)c1ccc(NC(=O)c2n[nH]c(=O)c3ccccc23)cc1. The third-order valence-corrected chi connectivity index (χ3v) is 6.43. The first kappa shape index (κ1) is 20.7. The van der Waals surface area contributed by atoms with Crippen LogP contribution in [0.15, 0.2) is 58.2 Å². The third kappa shape index (κ3) is 4.36. The average molecular weight is 414 g/mol. The van der Waals surface area contributed by atoms with Gasteiger partial charge in [0.1, 0.15) is 0 Å². The molecule has 0 saturated heterocycles. The van der Waals surface area contributed by atoms with E-state index in [1.165, 1.54) is 28.6 Å². The van der Waals surface area contributed by atoms with E-state index in [9.17, 15) is 18.0 Å². The van der Waals surface area contributed by atoms with E-state index in [4.69, 9.17) is 0 Å². The van der Waals surface area contributed by atoms with Crippen molar-refractivity contribution in [2.45, 2.75) is 24.7 Å². The number of aromatic amines is 1. The Kier molecular flexibility index (Phi) is 6.09. The number of hydrogen-bond acceptors (Lipinski definition) is 5. The van der Waals surface area contributed by atoms with E-state index in [-0.39, 0.29) is 16.1 Å². The van der Waals surface area contributed by atoms with Gasteiger partial charge in [-0.2, -0.15) is 5.10 Å². The Hall–Kier alpha value is -3.04. The molecule has 1 aromatic heterocycles. The number of H-pyrrole nitrogens is 1. The van der Waals surface area contributed by atoms with E-state index in [1.54, 1.807) is 31.3 Å². The van der Waals surface area contributed by atoms with Gasteiger partial charge in [0.2, 0.25) is 10.0 Å². The fraction of sp³-hybridized carbons (Fsp3) is 0.250. The maximum absolute atomic E-state index is 12.6. The summed E-state index contributed by atoms with van der Waals surface area (Å²) in [4.78, 5) is 24.6. The van der Waals surface area contributed by atoms with Crippen molar-refractivity contribution < 1.29 is 13.2 Å². The standard InChI is InChI=1S/C20H22N4O4S/c1-3-4-13-24(2)29(27,28)15-11-9-14(10-12-15)21-20(26)18-16-7-5-6-8-17(16)19(25)23-22-18/h5-12H,3-4,13H2,1-2H3,(H,21,26)(H,23,25). The summed E-state index contributed by atoms with van der Waals surface area (Å²) in [6.07, 6.45) is 1.68. The molecule has 0 aliphatic rings. The second kappa shape index (κ2) is 8.54. The fourth-order valence-electron chi connectivity index (χ4n) is 2.87. The molecule has 2 N–H and O–H groups in total. The molecule has 0 spiro atoms. The lowest BCUT2D eigenvalue weighted by molar-refractivity contribution is 0.102. The molecular formula is C20H22N4O4S. The number of carbonyl (C=O) groups excluding carboxylic acids is 1. The summed E-state index contributed by atoms with van der Waals surface area (Å²) in [5, 5.41) is 9.66. The first-order valence-electron chi connectivity index (χ1n) is 9.19. The minimum atomic E-state index is -3.57. The van der Waals surface area contributed by atoms with Crippen LogP contribution < -0.4 is 10.9 Å². The van der Waals surface area contributed by atoms with Gasteiger partial charge in [-0.15, -0.1) is 0 Å². The van der Waals surface area contributed by atoms with Crippen LogP contribution in [-0.4, -0.2) is 42.4 Å². The Balaban J connectivity index is 1.81. The zero-order valence-electron chi connectivity index (χ0n) is 16.2. The summed E-state index contributed by atoms with van der Waals surface area (Å²) in [5.41, 5.74) is 0.123. The van der Waals surface area contributed by atoms with E-state index < -0.39 is 15.9 Å². The topological polar surface area (TPSA) is 112 Å². The van der Waals surface area contributed by atoms with Gasteiger partial charge < -0.3 is 5.32 Å². The molecule has 1 heterocycles. The number of aromatic nitrogens is 2. The van der Waals surface area contributed by atoms with Crippen molar-refractivity contribution in [2.75, 3.05) is 18.9 Å². The molecular weight excluding hydrogens is 392 g/mol. The van der Waals surface area contributed by atoms with Crippen LogP contribution in [-0.2, 0) is 10.0 Å². The predicted molar refractivity (Wildman–Crippen MR) is 111 cm³/mol. The highest BCUT2D eigenvalue weighted by molar-refractivity contribution is 7.89. The van der Waals surface area contributed by atoms with Gasteiger partial charge >= 0.3 is 0 Å². The largest absolute Gasteiger partial charge is 0.321 e. The Labute approximate surface area is 168 Å². The first-order chi connectivity index (χ1) is 13.8. The van der Waals surface area contributed by atoms with E-state index in [1.807, 2.05) is 6.92 Å². The van der Waals surface area contributed by atoms with Crippen molar-refractivity contribution in [3.05, 3.63) is 64.6 Å². The number of hydrogen-bond donors (Lipinski definition) is 2. The normalized spacial score (nSPS) is 11.7. The zero-order valence-corrected chi connectivity index (χ0v) is 17.0. The number of amides is 1. The summed E-state index contributed by atoms with van der Waals surface area (Å²) in [6.45, 7) is 2.45. The number of carbonyl (C=O) groups is 1. The molecule has 0 radical (unpaired) electrons. The van der Waals surface area contributed by atoms with Crippen molar-refractivity contribution in [3.8, 4) is 0 Å². The van der Waals surface area contributed by atoms with Crippen molar-refractivity contribution in [2.24, 2.45) is 0 Å². The second-order valence-electron chi connectivity index (χ2n) is 6.61. The molecule has 3 aromatic rings. The molecule has 0 unspecified atom stereocenters. The molecule has 3 rings (SSSR count). The van der Waals surface area contributed by atoms with Crippen molar-refractivity contribution in [1.82, 2.24) is 14.5 Å². The number of rotatable bonds is 7. The second-order valence-corrected chi connectivity index (χ2v) is 8.65. The van der Waals surface area contributed by atoms with E-state index in [0.717, 1.165) is 12.8 Å². The molecule has 9 heteroatoms. The van der Waals surface area contributed by atoms with Crippen LogP contribution in [0.5, 0.6) is 0 Å². The Bertz CT molecular complexity index is 1190. The molecule has 29 heavy (non-hydrogen) atoms. The van der Waals surface area contributed by atoms with Crippen LogP contribution in [0.25, 0.3) is 10.8 Å². The number of unbranched alkanes of at least 4 members (excludes halogenated alkanes) is 1. The number of nitrogens with one attached hydrogen (secondary N) is 2. The molecule has 0 bridgehead atoms. The van der Waals surface area contributed by atoms with Gasteiger partial charge in [0.15, 0.2) is 5.69 Å². The molecule has 0 saturated carbocycles. The van der Waals surface area contributed by atoms with Crippen molar-refractivity contribution >= 4 is 32.4 Å². The van der Waals surface area contributed by atoms with Gasteiger partial charge in [0, 0.05) is 24.7 Å². The van der Waals surface area contributed by atoms with Crippen molar-refractivity contribution in [1.29, 1.82) is 0 Å². The summed E-state index contributed by atoms with van der Waals surface area (Å²) >= 11 is 0. The molecule has 2 aromatic carbocycles.